The fourth-order valence-electron chi connectivity index (χ4n) is 1.22. The normalized spacial score (nSPS) is 12.2. The number of nitrogens with zero attached hydrogens (tertiary/aromatic N) is 4. The number of rotatable bonds is 0. The van der Waals surface area contributed by atoms with E-state index in [9.17, 15) is 0 Å². The number of aromatic amines is 1. The van der Waals surface area contributed by atoms with Crippen LogP contribution in [0.5, 0.6) is 0 Å². The predicted octanol–water partition coefficient (Wildman–Crippen LogP) is 1.05. The van der Waals surface area contributed by atoms with Gasteiger partial charge >= 0.3 is 0 Å². The summed E-state index contributed by atoms with van der Waals surface area (Å²) in [4.78, 5) is 7.04. The van der Waals surface area contributed by atoms with Crippen molar-refractivity contribution in [1.29, 1.82) is 0 Å². The van der Waals surface area contributed by atoms with Crippen molar-refractivity contribution >= 4 is 11.2 Å². The quantitative estimate of drug-likeness (QED) is 0.653. The van der Waals surface area contributed by atoms with E-state index in [0.717, 1.165) is 11.2 Å². The largest absolute Gasteiger partial charge is 0.342 e. The van der Waals surface area contributed by atoms with Crippen LogP contribution in [-0.4, -0.2) is 25.4 Å². The monoisotopic (exact) mass is 177 g/mol. The lowest BCUT2D eigenvalue weighted by Gasteiger charge is -2.16. The van der Waals surface area contributed by atoms with E-state index in [-0.39, 0.29) is 5.41 Å². The van der Waals surface area contributed by atoms with Crippen LogP contribution in [0, 0.1) is 0 Å². The van der Waals surface area contributed by atoms with Crippen molar-refractivity contribution in [2.45, 2.75) is 26.2 Å². The van der Waals surface area contributed by atoms with Crippen LogP contribution in [0.1, 0.15) is 26.5 Å². The molecule has 0 amide bonds. The van der Waals surface area contributed by atoms with E-state index in [1.807, 2.05) is 0 Å². The second kappa shape index (κ2) is 2.48. The standard InChI is InChI=1S/C8H11N5/c1-8(2,3)6-5-7(10-4-9-5)12-13-11-6/h4H,1-3H3,(H,9,10,11,12). The molecule has 13 heavy (non-hydrogen) atoms. The maximum absolute atomic E-state index is 4.02. The Morgan fingerprint density at radius 3 is 2.69 bits per heavy atom. The zero-order chi connectivity index (χ0) is 9.47. The van der Waals surface area contributed by atoms with Crippen molar-refractivity contribution in [1.82, 2.24) is 25.4 Å². The molecule has 0 aliphatic carbocycles. The van der Waals surface area contributed by atoms with Gasteiger partial charge in [0.1, 0.15) is 5.52 Å². The highest BCUT2D eigenvalue weighted by molar-refractivity contribution is 5.72. The molecule has 0 radical (unpaired) electrons. The maximum Gasteiger partial charge on any atom is 0.203 e. The minimum atomic E-state index is -0.0409. The number of hydrogen-bond donors (Lipinski definition) is 1. The SMILES string of the molecule is CC(C)(C)c1nnnc2nc[nH]c12. The first-order valence-corrected chi connectivity index (χ1v) is 4.12. The molecule has 68 valence electrons. The number of fused-ring (bicyclic) bond motifs is 1. The van der Waals surface area contributed by atoms with Crippen molar-refractivity contribution in [2.24, 2.45) is 0 Å². The first-order valence-electron chi connectivity index (χ1n) is 4.12. The van der Waals surface area contributed by atoms with Gasteiger partial charge in [-0.2, -0.15) is 0 Å². The molecular formula is C8H11N5. The Hall–Kier alpha value is -1.52. The summed E-state index contributed by atoms with van der Waals surface area (Å²) in [5.74, 6) is 0. The highest BCUT2D eigenvalue weighted by Gasteiger charge is 2.20. The molecule has 2 aromatic heterocycles. The molecule has 0 saturated heterocycles. The van der Waals surface area contributed by atoms with Gasteiger partial charge in [0.05, 0.1) is 12.0 Å². The summed E-state index contributed by atoms with van der Waals surface area (Å²) in [6.45, 7) is 6.24. The fraction of sp³-hybridized carbons (Fsp3) is 0.500. The first-order chi connectivity index (χ1) is 6.09. The van der Waals surface area contributed by atoms with Gasteiger partial charge in [-0.15, -0.1) is 10.2 Å². The van der Waals surface area contributed by atoms with E-state index in [1.165, 1.54) is 0 Å². The minimum absolute atomic E-state index is 0.0409. The average molecular weight is 177 g/mol. The summed E-state index contributed by atoms with van der Waals surface area (Å²) in [5, 5.41) is 11.5. The topological polar surface area (TPSA) is 67.3 Å². The van der Waals surface area contributed by atoms with E-state index in [1.54, 1.807) is 6.33 Å². The molecule has 0 aliphatic heterocycles. The molecule has 0 saturated carbocycles. The van der Waals surface area contributed by atoms with Crippen LogP contribution in [-0.2, 0) is 5.41 Å². The third-order valence-electron chi connectivity index (χ3n) is 1.85. The van der Waals surface area contributed by atoms with Gasteiger partial charge in [-0.3, -0.25) is 0 Å². The third kappa shape index (κ3) is 1.26. The summed E-state index contributed by atoms with van der Waals surface area (Å²) in [6.07, 6.45) is 1.61. The van der Waals surface area contributed by atoms with E-state index < -0.39 is 0 Å². The molecule has 0 unspecified atom stereocenters. The van der Waals surface area contributed by atoms with Crippen LogP contribution in [0.4, 0.5) is 0 Å². The number of aromatic nitrogens is 5. The molecule has 0 aliphatic rings. The van der Waals surface area contributed by atoms with Crippen molar-refractivity contribution < 1.29 is 0 Å². The van der Waals surface area contributed by atoms with Gasteiger partial charge in [0.25, 0.3) is 0 Å². The van der Waals surface area contributed by atoms with Crippen LogP contribution in [0.2, 0.25) is 0 Å². The van der Waals surface area contributed by atoms with Crippen LogP contribution in [0.25, 0.3) is 11.2 Å². The first kappa shape index (κ1) is 8.10. The zero-order valence-corrected chi connectivity index (χ0v) is 7.87. The highest BCUT2D eigenvalue weighted by Crippen LogP contribution is 2.23. The van der Waals surface area contributed by atoms with Gasteiger partial charge in [-0.05, 0) is 5.21 Å². The van der Waals surface area contributed by atoms with Crippen molar-refractivity contribution in [3.8, 4) is 0 Å². The van der Waals surface area contributed by atoms with Crippen LogP contribution < -0.4 is 0 Å². The van der Waals surface area contributed by atoms with E-state index in [4.69, 9.17) is 0 Å². The summed E-state index contributed by atoms with van der Waals surface area (Å²) in [6, 6.07) is 0. The summed E-state index contributed by atoms with van der Waals surface area (Å²) in [5.41, 5.74) is 2.36. The number of nitrogens with one attached hydrogen (secondary N) is 1. The molecule has 1 N–H and O–H groups in total. The summed E-state index contributed by atoms with van der Waals surface area (Å²) in [7, 11) is 0. The van der Waals surface area contributed by atoms with Crippen molar-refractivity contribution in [3.05, 3.63) is 12.0 Å². The summed E-state index contributed by atoms with van der Waals surface area (Å²) >= 11 is 0. The van der Waals surface area contributed by atoms with Gasteiger partial charge in [0, 0.05) is 5.41 Å². The van der Waals surface area contributed by atoms with E-state index in [2.05, 4.69) is 46.1 Å². The van der Waals surface area contributed by atoms with Crippen molar-refractivity contribution in [3.63, 3.8) is 0 Å². The van der Waals surface area contributed by atoms with Gasteiger partial charge in [0.15, 0.2) is 0 Å². The third-order valence-corrected chi connectivity index (χ3v) is 1.85. The molecule has 0 spiro atoms. The van der Waals surface area contributed by atoms with Gasteiger partial charge in [-0.25, -0.2) is 4.98 Å². The van der Waals surface area contributed by atoms with Crippen LogP contribution in [0.15, 0.2) is 6.33 Å². The lowest BCUT2D eigenvalue weighted by molar-refractivity contribution is 0.558. The molecular weight excluding hydrogens is 166 g/mol. The minimum Gasteiger partial charge on any atom is -0.342 e. The molecule has 0 atom stereocenters. The zero-order valence-electron chi connectivity index (χ0n) is 7.87. The Balaban J connectivity index is 2.75. The Morgan fingerprint density at radius 1 is 1.23 bits per heavy atom. The summed E-state index contributed by atoms with van der Waals surface area (Å²) < 4.78 is 0. The molecule has 5 nitrogen and oxygen atoms in total. The molecule has 0 fully saturated rings. The van der Waals surface area contributed by atoms with Crippen LogP contribution >= 0.6 is 0 Å². The van der Waals surface area contributed by atoms with E-state index >= 15 is 0 Å². The van der Waals surface area contributed by atoms with Gasteiger partial charge in [0.2, 0.25) is 5.65 Å². The Morgan fingerprint density at radius 2 is 2.00 bits per heavy atom. The lowest BCUT2D eigenvalue weighted by atomic mass is 9.91. The second-order valence-corrected chi connectivity index (χ2v) is 3.99. The predicted molar refractivity (Wildman–Crippen MR) is 48.2 cm³/mol. The average Bonchev–Trinajstić information content (AvgIpc) is 2.48. The van der Waals surface area contributed by atoms with Crippen molar-refractivity contribution in [2.75, 3.05) is 0 Å². The molecule has 0 aromatic carbocycles. The van der Waals surface area contributed by atoms with E-state index in [0.29, 0.717) is 5.65 Å². The van der Waals surface area contributed by atoms with Crippen LogP contribution in [0.3, 0.4) is 0 Å². The smallest absolute Gasteiger partial charge is 0.203 e. The number of hydrogen-bond acceptors (Lipinski definition) is 4. The molecule has 2 rings (SSSR count). The second-order valence-electron chi connectivity index (χ2n) is 3.99. The highest BCUT2D eigenvalue weighted by atomic mass is 15.3. The number of H-pyrrole nitrogens is 1. The Bertz CT molecular complexity index is 425. The molecule has 2 heterocycles. The lowest BCUT2D eigenvalue weighted by Crippen LogP contribution is -2.15. The fourth-order valence-corrected chi connectivity index (χ4v) is 1.22. The maximum atomic E-state index is 4.02. The molecule has 2 aromatic rings. The Kier molecular flexibility index (Phi) is 1.55. The Labute approximate surface area is 75.6 Å². The van der Waals surface area contributed by atoms with Gasteiger partial charge < -0.3 is 4.98 Å². The molecule has 0 bridgehead atoms. The van der Waals surface area contributed by atoms with Gasteiger partial charge in [-0.1, -0.05) is 20.8 Å². The number of imidazole rings is 1. The molecule has 5 heteroatoms.